The predicted octanol–water partition coefficient (Wildman–Crippen LogP) is 2.45. The number of anilines is 1. The summed E-state index contributed by atoms with van der Waals surface area (Å²) < 4.78 is 12.5. The quantitative estimate of drug-likeness (QED) is 0.916. The summed E-state index contributed by atoms with van der Waals surface area (Å²) in [4.78, 5) is 23.9. The second-order valence-corrected chi connectivity index (χ2v) is 5.56. The summed E-state index contributed by atoms with van der Waals surface area (Å²) >= 11 is 6.19. The number of carbonyl (C=O) groups excluding carboxylic acids is 1. The Morgan fingerprint density at radius 2 is 1.91 bits per heavy atom. The van der Waals surface area contributed by atoms with Crippen LogP contribution in [-0.4, -0.2) is 23.7 Å². The van der Waals surface area contributed by atoms with Crippen LogP contribution in [0.2, 0.25) is 5.02 Å². The lowest BCUT2D eigenvalue weighted by atomic mass is 10.2. The molecule has 0 fully saturated rings. The van der Waals surface area contributed by atoms with Gasteiger partial charge in [-0.3, -0.25) is 9.59 Å². The maximum Gasteiger partial charge on any atom is 0.255 e. The van der Waals surface area contributed by atoms with Crippen molar-refractivity contribution < 1.29 is 14.3 Å². The highest BCUT2D eigenvalue weighted by atomic mass is 35.5. The Bertz CT molecular complexity index is 816. The molecule has 1 N–H and O–H groups in total. The number of halogens is 1. The third kappa shape index (κ3) is 3.32. The zero-order valence-corrected chi connectivity index (χ0v) is 13.2. The Morgan fingerprint density at radius 1 is 1.22 bits per heavy atom. The van der Waals surface area contributed by atoms with E-state index >= 15 is 0 Å². The van der Waals surface area contributed by atoms with E-state index < -0.39 is 5.91 Å². The van der Waals surface area contributed by atoms with Crippen molar-refractivity contribution in [3.05, 3.63) is 51.4 Å². The molecule has 3 rings (SSSR count). The topological polar surface area (TPSA) is 69.6 Å². The highest BCUT2D eigenvalue weighted by Crippen LogP contribution is 2.37. The zero-order chi connectivity index (χ0) is 16.4. The molecule has 1 aliphatic rings. The van der Waals surface area contributed by atoms with E-state index in [0.29, 0.717) is 35.4 Å². The highest BCUT2D eigenvalue weighted by Gasteiger charge is 2.16. The van der Waals surface area contributed by atoms with Gasteiger partial charge in [0.05, 0.1) is 23.9 Å². The van der Waals surface area contributed by atoms with Gasteiger partial charge in [0.25, 0.3) is 11.5 Å². The molecule has 1 amide bonds. The molecule has 0 atom stereocenters. The minimum Gasteiger partial charge on any atom is -0.490 e. The fourth-order valence-corrected chi connectivity index (χ4v) is 2.36. The first-order valence-corrected chi connectivity index (χ1v) is 7.49. The maximum absolute atomic E-state index is 12.3. The Labute approximate surface area is 137 Å². The monoisotopic (exact) mass is 334 g/mol. The molecule has 1 aliphatic heterocycles. The average molecular weight is 335 g/mol. The third-order valence-electron chi connectivity index (χ3n) is 3.45. The van der Waals surface area contributed by atoms with E-state index in [2.05, 4.69) is 5.32 Å². The molecule has 23 heavy (non-hydrogen) atoms. The first-order valence-electron chi connectivity index (χ1n) is 7.12. The summed E-state index contributed by atoms with van der Waals surface area (Å²) in [5, 5.41) is 3.03. The van der Waals surface area contributed by atoms with Gasteiger partial charge in [-0.25, -0.2) is 0 Å². The van der Waals surface area contributed by atoms with Crippen molar-refractivity contribution in [3.8, 4) is 11.5 Å². The molecule has 7 heteroatoms. The van der Waals surface area contributed by atoms with Crippen LogP contribution in [0.5, 0.6) is 11.5 Å². The number of carbonyl (C=O) groups is 1. The molecule has 0 saturated heterocycles. The summed E-state index contributed by atoms with van der Waals surface area (Å²) in [6.07, 6.45) is 2.31. The number of aryl methyl sites for hydroxylation is 1. The summed E-state index contributed by atoms with van der Waals surface area (Å²) in [7, 11) is 1.62. The summed E-state index contributed by atoms with van der Waals surface area (Å²) in [6.45, 7) is 1.10. The summed E-state index contributed by atoms with van der Waals surface area (Å²) in [6, 6.07) is 6.07. The molecule has 1 aromatic carbocycles. The first-order chi connectivity index (χ1) is 11.0. The fourth-order valence-electron chi connectivity index (χ4n) is 2.16. The number of hydrogen-bond donors (Lipinski definition) is 1. The molecule has 0 saturated carbocycles. The molecule has 0 spiro atoms. The van der Waals surface area contributed by atoms with Crippen LogP contribution in [0.25, 0.3) is 0 Å². The van der Waals surface area contributed by atoms with E-state index in [1.54, 1.807) is 25.2 Å². The van der Waals surface area contributed by atoms with Gasteiger partial charge in [-0.05, 0) is 6.07 Å². The van der Waals surface area contributed by atoms with Crippen molar-refractivity contribution in [1.29, 1.82) is 0 Å². The van der Waals surface area contributed by atoms with Crippen molar-refractivity contribution in [2.45, 2.75) is 6.42 Å². The van der Waals surface area contributed by atoms with Gasteiger partial charge in [-0.2, -0.15) is 0 Å². The second-order valence-electron chi connectivity index (χ2n) is 5.15. The summed E-state index contributed by atoms with van der Waals surface area (Å²) in [5.74, 6) is 0.671. The normalized spacial score (nSPS) is 13.3. The van der Waals surface area contributed by atoms with Crippen LogP contribution in [0, 0.1) is 0 Å². The van der Waals surface area contributed by atoms with Gasteiger partial charge in [0, 0.05) is 43.4 Å². The van der Waals surface area contributed by atoms with Crippen molar-refractivity contribution in [2.75, 3.05) is 18.5 Å². The SMILES string of the molecule is Cn1ccc(C(=O)Nc2cc3c(cc2Cl)OCCCO3)cc1=O. The number of amides is 1. The molecule has 0 radical (unpaired) electrons. The van der Waals surface area contributed by atoms with Crippen molar-refractivity contribution >= 4 is 23.2 Å². The Kier molecular flexibility index (Phi) is 4.25. The smallest absolute Gasteiger partial charge is 0.255 e. The largest absolute Gasteiger partial charge is 0.490 e. The van der Waals surface area contributed by atoms with E-state index in [1.165, 1.54) is 16.8 Å². The van der Waals surface area contributed by atoms with Gasteiger partial charge in [0.2, 0.25) is 0 Å². The molecular weight excluding hydrogens is 320 g/mol. The highest BCUT2D eigenvalue weighted by molar-refractivity contribution is 6.34. The molecule has 6 nitrogen and oxygen atoms in total. The van der Waals surface area contributed by atoms with Gasteiger partial charge in [0.1, 0.15) is 0 Å². The first kappa shape index (κ1) is 15.4. The number of hydrogen-bond acceptors (Lipinski definition) is 4. The fraction of sp³-hybridized carbons (Fsp3) is 0.250. The molecule has 0 bridgehead atoms. The molecule has 2 aromatic rings. The van der Waals surface area contributed by atoms with E-state index in [9.17, 15) is 9.59 Å². The number of ether oxygens (including phenoxy) is 2. The standard InChI is InChI=1S/C16H15ClN2O4/c1-19-4-3-10(7-15(19)20)16(21)18-12-9-14-13(8-11(12)17)22-5-2-6-23-14/h3-4,7-9H,2,5-6H2,1H3,(H,18,21). The Morgan fingerprint density at radius 3 is 2.61 bits per heavy atom. The van der Waals surface area contributed by atoms with Gasteiger partial charge in [-0.15, -0.1) is 0 Å². The molecule has 1 aromatic heterocycles. The average Bonchev–Trinajstić information content (AvgIpc) is 2.75. The Balaban J connectivity index is 1.87. The van der Waals surface area contributed by atoms with Gasteiger partial charge >= 0.3 is 0 Å². The number of aromatic nitrogens is 1. The van der Waals surface area contributed by atoms with E-state index in [4.69, 9.17) is 21.1 Å². The number of pyridine rings is 1. The lowest BCUT2D eigenvalue weighted by Gasteiger charge is -2.12. The summed E-state index contributed by atoms with van der Waals surface area (Å²) in [5.41, 5.74) is 0.403. The lowest BCUT2D eigenvalue weighted by molar-refractivity contribution is 0.102. The molecule has 0 aliphatic carbocycles. The Hall–Kier alpha value is -2.47. The predicted molar refractivity (Wildman–Crippen MR) is 86.7 cm³/mol. The van der Waals surface area contributed by atoms with Crippen LogP contribution < -0.4 is 20.3 Å². The third-order valence-corrected chi connectivity index (χ3v) is 3.76. The van der Waals surface area contributed by atoms with Crippen LogP contribution in [0.1, 0.15) is 16.8 Å². The van der Waals surface area contributed by atoms with Crippen LogP contribution >= 0.6 is 11.6 Å². The minimum atomic E-state index is -0.418. The molecule has 2 heterocycles. The second kappa shape index (κ2) is 6.34. The van der Waals surface area contributed by atoms with Crippen molar-refractivity contribution in [2.24, 2.45) is 7.05 Å². The van der Waals surface area contributed by atoms with Crippen molar-refractivity contribution in [3.63, 3.8) is 0 Å². The molecule has 120 valence electrons. The van der Waals surface area contributed by atoms with Gasteiger partial charge in [-0.1, -0.05) is 11.6 Å². The zero-order valence-electron chi connectivity index (χ0n) is 12.5. The lowest BCUT2D eigenvalue weighted by Crippen LogP contribution is -2.20. The van der Waals surface area contributed by atoms with Crippen LogP contribution in [0.3, 0.4) is 0 Å². The van der Waals surface area contributed by atoms with E-state index in [-0.39, 0.29) is 11.1 Å². The maximum atomic E-state index is 12.3. The molecular formula is C16H15ClN2O4. The number of fused-ring (bicyclic) bond motifs is 1. The van der Waals surface area contributed by atoms with E-state index in [0.717, 1.165) is 6.42 Å². The van der Waals surface area contributed by atoms with Crippen LogP contribution in [0.15, 0.2) is 35.3 Å². The van der Waals surface area contributed by atoms with Gasteiger partial charge in [0.15, 0.2) is 11.5 Å². The minimum absolute atomic E-state index is 0.260. The van der Waals surface area contributed by atoms with Crippen LogP contribution in [-0.2, 0) is 7.05 Å². The number of rotatable bonds is 2. The molecule has 0 unspecified atom stereocenters. The number of nitrogens with one attached hydrogen (secondary N) is 1. The number of nitrogens with zero attached hydrogens (tertiary/aromatic N) is 1. The number of benzene rings is 1. The van der Waals surface area contributed by atoms with E-state index in [1.807, 2.05) is 0 Å². The van der Waals surface area contributed by atoms with Crippen LogP contribution in [0.4, 0.5) is 5.69 Å². The van der Waals surface area contributed by atoms with Gasteiger partial charge < -0.3 is 19.4 Å². The van der Waals surface area contributed by atoms with Crippen molar-refractivity contribution in [1.82, 2.24) is 4.57 Å².